The Bertz CT molecular complexity index is 283. The Morgan fingerprint density at radius 3 is 2.29 bits per heavy atom. The number of piperidine rings is 1. The fraction of sp³-hybridized carbons (Fsp3) is 0.833. The molecule has 1 aliphatic heterocycles. The van der Waals surface area contributed by atoms with Crippen molar-refractivity contribution in [2.45, 2.75) is 38.6 Å². The number of hydrogen-bond acceptors (Lipinski definition) is 3. The Balaban J connectivity index is 2.35. The van der Waals surface area contributed by atoms with Gasteiger partial charge in [-0.25, -0.2) is 0 Å². The lowest BCUT2D eigenvalue weighted by Crippen LogP contribution is -2.53. The summed E-state index contributed by atoms with van der Waals surface area (Å²) in [6.45, 7) is 5.32. The second kappa shape index (κ2) is 6.00. The number of rotatable bonds is 4. The lowest BCUT2D eigenvalue weighted by atomic mass is 10.1. The molecular formula is C12H23N3O2. The van der Waals surface area contributed by atoms with Gasteiger partial charge in [0.1, 0.15) is 0 Å². The first-order valence-electron chi connectivity index (χ1n) is 6.22. The molecule has 1 fully saturated rings. The number of likely N-dealkylation sites (tertiary alicyclic amines) is 1. The topological polar surface area (TPSA) is 61.4 Å². The monoisotopic (exact) mass is 241 g/mol. The van der Waals surface area contributed by atoms with Gasteiger partial charge in [0.2, 0.25) is 11.8 Å². The van der Waals surface area contributed by atoms with Crippen LogP contribution in [-0.2, 0) is 9.59 Å². The van der Waals surface area contributed by atoms with Gasteiger partial charge in [0.25, 0.3) is 0 Å². The number of nitrogens with one attached hydrogen (secondary N) is 2. The van der Waals surface area contributed by atoms with Crippen LogP contribution in [0.1, 0.15) is 33.1 Å². The maximum atomic E-state index is 11.8. The standard InChI is InChI=1S/C12H23N3O2/c1-12(2,13-3)11(17)14-9-10(16)15-7-5-4-6-8-15/h13H,4-9H2,1-3H3,(H,14,17). The normalized spacial score (nSPS) is 16.8. The molecule has 0 aliphatic carbocycles. The fourth-order valence-corrected chi connectivity index (χ4v) is 1.75. The van der Waals surface area contributed by atoms with Gasteiger partial charge in [-0.2, -0.15) is 0 Å². The molecule has 5 nitrogen and oxygen atoms in total. The summed E-state index contributed by atoms with van der Waals surface area (Å²) in [6, 6.07) is 0. The zero-order chi connectivity index (χ0) is 12.9. The van der Waals surface area contributed by atoms with Gasteiger partial charge in [0.15, 0.2) is 0 Å². The Hall–Kier alpha value is -1.10. The highest BCUT2D eigenvalue weighted by atomic mass is 16.2. The number of carbonyl (C=O) groups excluding carboxylic acids is 2. The van der Waals surface area contributed by atoms with E-state index in [9.17, 15) is 9.59 Å². The average Bonchev–Trinajstić information content (AvgIpc) is 2.36. The van der Waals surface area contributed by atoms with Gasteiger partial charge in [-0.05, 0) is 40.2 Å². The minimum atomic E-state index is -0.637. The smallest absolute Gasteiger partial charge is 0.241 e. The Morgan fingerprint density at radius 1 is 1.18 bits per heavy atom. The van der Waals surface area contributed by atoms with Crippen LogP contribution in [0.4, 0.5) is 0 Å². The first-order valence-corrected chi connectivity index (χ1v) is 6.22. The minimum absolute atomic E-state index is 0.0185. The van der Waals surface area contributed by atoms with Crippen LogP contribution in [0, 0.1) is 0 Å². The summed E-state index contributed by atoms with van der Waals surface area (Å²) in [6.07, 6.45) is 3.34. The third-order valence-corrected chi connectivity index (χ3v) is 3.30. The summed E-state index contributed by atoms with van der Waals surface area (Å²) in [5.41, 5.74) is -0.637. The maximum Gasteiger partial charge on any atom is 0.241 e. The molecular weight excluding hydrogens is 218 g/mol. The van der Waals surface area contributed by atoms with E-state index >= 15 is 0 Å². The van der Waals surface area contributed by atoms with Crippen LogP contribution in [-0.4, -0.2) is 48.9 Å². The maximum absolute atomic E-state index is 11.8. The third-order valence-electron chi connectivity index (χ3n) is 3.30. The highest BCUT2D eigenvalue weighted by Gasteiger charge is 2.26. The molecule has 0 atom stereocenters. The largest absolute Gasteiger partial charge is 0.345 e. The zero-order valence-corrected chi connectivity index (χ0v) is 11.0. The number of amides is 2. The molecule has 0 unspecified atom stereocenters. The molecule has 17 heavy (non-hydrogen) atoms. The van der Waals surface area contributed by atoms with Crippen LogP contribution in [0.2, 0.25) is 0 Å². The molecule has 2 N–H and O–H groups in total. The zero-order valence-electron chi connectivity index (χ0n) is 11.0. The molecule has 0 saturated carbocycles. The summed E-state index contributed by atoms with van der Waals surface area (Å²) < 4.78 is 0. The van der Waals surface area contributed by atoms with Gasteiger partial charge in [-0.1, -0.05) is 0 Å². The van der Waals surface area contributed by atoms with Gasteiger partial charge >= 0.3 is 0 Å². The summed E-state index contributed by atoms with van der Waals surface area (Å²) >= 11 is 0. The lowest BCUT2D eigenvalue weighted by Gasteiger charge is -2.28. The molecule has 1 rings (SSSR count). The molecule has 2 amide bonds. The van der Waals surface area contributed by atoms with Crippen LogP contribution < -0.4 is 10.6 Å². The summed E-state index contributed by atoms with van der Waals surface area (Å²) in [5, 5.41) is 5.59. The van der Waals surface area contributed by atoms with E-state index in [1.165, 1.54) is 6.42 Å². The van der Waals surface area contributed by atoms with Crippen molar-refractivity contribution in [3.05, 3.63) is 0 Å². The van der Waals surface area contributed by atoms with Gasteiger partial charge in [-0.15, -0.1) is 0 Å². The predicted molar refractivity (Wildman–Crippen MR) is 66.6 cm³/mol. The summed E-state index contributed by atoms with van der Waals surface area (Å²) in [5.74, 6) is -0.129. The van der Waals surface area contributed by atoms with Crippen LogP contribution in [0.5, 0.6) is 0 Å². The number of hydrogen-bond donors (Lipinski definition) is 2. The van der Waals surface area contributed by atoms with Crippen molar-refractivity contribution in [2.75, 3.05) is 26.7 Å². The molecule has 0 aromatic rings. The van der Waals surface area contributed by atoms with E-state index in [1.54, 1.807) is 20.9 Å². The van der Waals surface area contributed by atoms with E-state index in [1.807, 2.05) is 4.90 Å². The Morgan fingerprint density at radius 2 is 1.76 bits per heavy atom. The highest BCUT2D eigenvalue weighted by Crippen LogP contribution is 2.08. The van der Waals surface area contributed by atoms with Crippen molar-refractivity contribution in [2.24, 2.45) is 0 Å². The molecule has 0 spiro atoms. The average molecular weight is 241 g/mol. The summed E-state index contributed by atoms with van der Waals surface area (Å²) in [4.78, 5) is 25.4. The number of carbonyl (C=O) groups is 2. The Labute approximate surface area is 103 Å². The molecule has 98 valence electrons. The van der Waals surface area contributed by atoms with Crippen molar-refractivity contribution in [3.63, 3.8) is 0 Å². The first-order chi connectivity index (χ1) is 7.97. The molecule has 1 aliphatic rings. The minimum Gasteiger partial charge on any atom is -0.345 e. The third kappa shape index (κ3) is 4.00. The molecule has 0 aromatic carbocycles. The number of nitrogens with zero attached hydrogens (tertiary/aromatic N) is 1. The van der Waals surface area contributed by atoms with Crippen molar-refractivity contribution in [1.82, 2.24) is 15.5 Å². The van der Waals surface area contributed by atoms with Crippen LogP contribution in [0.15, 0.2) is 0 Å². The first kappa shape index (κ1) is 14.0. The van der Waals surface area contributed by atoms with Crippen LogP contribution >= 0.6 is 0 Å². The number of likely N-dealkylation sites (N-methyl/N-ethyl adjacent to an activating group) is 1. The lowest BCUT2D eigenvalue weighted by molar-refractivity contribution is -0.134. The van der Waals surface area contributed by atoms with Gasteiger partial charge in [0.05, 0.1) is 12.1 Å². The molecule has 1 heterocycles. The molecule has 0 bridgehead atoms. The van der Waals surface area contributed by atoms with Crippen LogP contribution in [0.3, 0.4) is 0 Å². The van der Waals surface area contributed by atoms with Crippen molar-refractivity contribution < 1.29 is 9.59 Å². The molecule has 0 aromatic heterocycles. The fourth-order valence-electron chi connectivity index (χ4n) is 1.75. The van der Waals surface area contributed by atoms with Crippen molar-refractivity contribution in [3.8, 4) is 0 Å². The van der Waals surface area contributed by atoms with E-state index in [0.717, 1.165) is 25.9 Å². The van der Waals surface area contributed by atoms with Gasteiger partial charge in [0, 0.05) is 13.1 Å². The van der Waals surface area contributed by atoms with E-state index < -0.39 is 5.54 Å². The SMILES string of the molecule is CNC(C)(C)C(=O)NCC(=O)N1CCCCC1. The van der Waals surface area contributed by atoms with Crippen molar-refractivity contribution in [1.29, 1.82) is 0 Å². The second-order valence-corrected chi connectivity index (χ2v) is 5.00. The Kier molecular flexibility index (Phi) is 4.93. The van der Waals surface area contributed by atoms with Gasteiger partial charge < -0.3 is 15.5 Å². The highest BCUT2D eigenvalue weighted by molar-refractivity contribution is 5.89. The van der Waals surface area contributed by atoms with E-state index in [2.05, 4.69) is 10.6 Å². The second-order valence-electron chi connectivity index (χ2n) is 5.00. The molecule has 1 saturated heterocycles. The van der Waals surface area contributed by atoms with E-state index in [0.29, 0.717) is 0 Å². The van der Waals surface area contributed by atoms with E-state index in [-0.39, 0.29) is 18.4 Å². The predicted octanol–water partition coefficient (Wildman–Crippen LogP) is 0.113. The van der Waals surface area contributed by atoms with Crippen molar-refractivity contribution >= 4 is 11.8 Å². The molecule has 5 heteroatoms. The summed E-state index contributed by atoms with van der Waals surface area (Å²) in [7, 11) is 1.73. The van der Waals surface area contributed by atoms with E-state index in [4.69, 9.17) is 0 Å². The van der Waals surface area contributed by atoms with Crippen LogP contribution in [0.25, 0.3) is 0 Å². The molecule has 0 radical (unpaired) electrons. The quantitative estimate of drug-likeness (QED) is 0.734. The van der Waals surface area contributed by atoms with Gasteiger partial charge in [-0.3, -0.25) is 9.59 Å².